The number of aryl methyl sites for hydroxylation is 1. The van der Waals surface area contributed by atoms with Gasteiger partial charge in [-0.3, -0.25) is 0 Å². The van der Waals surface area contributed by atoms with Crippen molar-refractivity contribution < 1.29 is 0 Å². The van der Waals surface area contributed by atoms with Crippen molar-refractivity contribution in [2.75, 3.05) is 4.90 Å². The molecule has 0 amide bonds. The fraction of sp³-hybridized carbons (Fsp3) is 0.0508. The lowest BCUT2D eigenvalue weighted by molar-refractivity contribution is 0.840. The number of hydrogen-bond acceptors (Lipinski definition) is 1. The van der Waals surface area contributed by atoms with E-state index in [1.165, 1.54) is 61.1 Å². The minimum absolute atomic E-state index is 0.130. The lowest BCUT2D eigenvalue weighted by Gasteiger charge is -2.26. The predicted molar refractivity (Wildman–Crippen MR) is 258 cm³/mol. The van der Waals surface area contributed by atoms with E-state index in [4.69, 9.17) is 0 Å². The Kier molecular flexibility index (Phi) is 10.2. The van der Waals surface area contributed by atoms with Gasteiger partial charge in [0.2, 0.25) is 0 Å². The second kappa shape index (κ2) is 16.5. The molecule has 1 aromatic heterocycles. The van der Waals surface area contributed by atoms with E-state index in [1.54, 1.807) is 0 Å². The third-order valence-corrected chi connectivity index (χ3v) is 12.0. The summed E-state index contributed by atoms with van der Waals surface area (Å²) in [5.74, 6) is 0.130. The van der Waals surface area contributed by atoms with Crippen LogP contribution >= 0.6 is 0 Å². The van der Waals surface area contributed by atoms with Gasteiger partial charge in [0.05, 0.1) is 5.52 Å². The Morgan fingerprint density at radius 3 is 1.51 bits per heavy atom. The van der Waals surface area contributed by atoms with Crippen LogP contribution in [0.15, 0.2) is 237 Å². The number of rotatable bonds is 10. The molecule has 0 unspecified atom stereocenters. The molecule has 0 aliphatic carbocycles. The molecule has 0 aliphatic heterocycles. The van der Waals surface area contributed by atoms with Gasteiger partial charge in [0.1, 0.15) is 0 Å². The van der Waals surface area contributed by atoms with Gasteiger partial charge >= 0.3 is 0 Å². The third kappa shape index (κ3) is 7.34. The van der Waals surface area contributed by atoms with Crippen molar-refractivity contribution in [2.45, 2.75) is 19.8 Å². The van der Waals surface area contributed by atoms with Crippen molar-refractivity contribution in [1.29, 1.82) is 0 Å². The maximum absolute atomic E-state index is 2.51. The monoisotopic (exact) mass is 782 g/mol. The van der Waals surface area contributed by atoms with Crippen LogP contribution in [-0.4, -0.2) is 4.57 Å². The molecule has 2 nitrogen and oxygen atoms in total. The molecule has 0 N–H and O–H groups in total. The topological polar surface area (TPSA) is 8.17 Å². The smallest absolute Gasteiger partial charge is 0.0538 e. The Balaban J connectivity index is 1.10. The summed E-state index contributed by atoms with van der Waals surface area (Å²) in [4.78, 5) is 2.37. The molecule has 10 aromatic rings. The molecule has 0 spiro atoms. The zero-order valence-corrected chi connectivity index (χ0v) is 34.5. The lowest BCUT2D eigenvalue weighted by Crippen LogP contribution is -2.10. The van der Waals surface area contributed by atoms with Gasteiger partial charge in [-0.2, -0.15) is 0 Å². The van der Waals surface area contributed by atoms with Crippen LogP contribution in [0.4, 0.5) is 17.1 Å². The average molecular weight is 783 g/mol. The Hall–Kier alpha value is -7.68. The molecule has 0 bridgehead atoms. The molecule has 1 atom stereocenters. The van der Waals surface area contributed by atoms with E-state index in [-0.39, 0.29) is 5.92 Å². The highest BCUT2D eigenvalue weighted by molar-refractivity contribution is 6.00. The van der Waals surface area contributed by atoms with Crippen molar-refractivity contribution >= 4 is 28.0 Å². The van der Waals surface area contributed by atoms with E-state index >= 15 is 0 Å². The minimum Gasteiger partial charge on any atom is -0.312 e. The fourth-order valence-electron chi connectivity index (χ4n) is 8.95. The van der Waals surface area contributed by atoms with Crippen molar-refractivity contribution in [1.82, 2.24) is 4.57 Å². The highest BCUT2D eigenvalue weighted by Crippen LogP contribution is 2.44. The van der Waals surface area contributed by atoms with Gasteiger partial charge in [0.15, 0.2) is 0 Å². The van der Waals surface area contributed by atoms with Crippen molar-refractivity contribution in [3.05, 3.63) is 253 Å². The van der Waals surface area contributed by atoms with E-state index in [9.17, 15) is 0 Å². The van der Waals surface area contributed by atoms with Gasteiger partial charge in [-0.15, -0.1) is 0 Å². The van der Waals surface area contributed by atoms with E-state index in [0.29, 0.717) is 0 Å². The zero-order chi connectivity index (χ0) is 41.1. The van der Waals surface area contributed by atoms with Gasteiger partial charge in [-0.25, -0.2) is 0 Å². The average Bonchev–Trinajstić information content (AvgIpc) is 3.68. The van der Waals surface area contributed by atoms with Crippen molar-refractivity contribution in [3.8, 4) is 50.2 Å². The molecular formula is C59H46N2. The summed E-state index contributed by atoms with van der Waals surface area (Å²) in [6.07, 6.45) is 0. The highest BCUT2D eigenvalue weighted by atomic mass is 15.1. The van der Waals surface area contributed by atoms with Gasteiger partial charge < -0.3 is 9.47 Å². The Morgan fingerprint density at radius 2 is 0.885 bits per heavy atom. The van der Waals surface area contributed by atoms with Crippen LogP contribution in [-0.2, 0) is 0 Å². The number of benzene rings is 9. The first-order valence-corrected chi connectivity index (χ1v) is 21.2. The van der Waals surface area contributed by atoms with Crippen LogP contribution in [0.25, 0.3) is 61.1 Å². The largest absolute Gasteiger partial charge is 0.312 e. The number of nitrogens with zero attached hydrogens (tertiary/aromatic N) is 2. The number of aromatic nitrogens is 1. The molecule has 292 valence electrons. The van der Waals surface area contributed by atoms with Crippen LogP contribution in [0.2, 0.25) is 0 Å². The number of para-hydroxylation sites is 1. The second-order valence-corrected chi connectivity index (χ2v) is 15.8. The zero-order valence-electron chi connectivity index (χ0n) is 34.5. The maximum atomic E-state index is 2.51. The molecule has 0 radical (unpaired) electrons. The van der Waals surface area contributed by atoms with E-state index in [1.807, 2.05) is 0 Å². The van der Waals surface area contributed by atoms with Crippen LogP contribution < -0.4 is 4.90 Å². The summed E-state index contributed by atoms with van der Waals surface area (Å²) < 4.78 is 2.51. The van der Waals surface area contributed by atoms with Crippen LogP contribution in [0.1, 0.15) is 29.7 Å². The number of anilines is 3. The summed E-state index contributed by atoms with van der Waals surface area (Å²) in [5, 5.41) is 1.26. The minimum atomic E-state index is 0.130. The molecule has 0 aliphatic rings. The number of fused-ring (bicyclic) bond motifs is 1. The van der Waals surface area contributed by atoms with Gasteiger partial charge in [0, 0.05) is 45.3 Å². The first-order chi connectivity index (χ1) is 30.1. The Morgan fingerprint density at radius 1 is 0.393 bits per heavy atom. The van der Waals surface area contributed by atoms with Gasteiger partial charge in [-0.05, 0) is 112 Å². The summed E-state index contributed by atoms with van der Waals surface area (Å²) in [6, 6.07) is 85.7. The normalized spacial score (nSPS) is 11.7. The van der Waals surface area contributed by atoms with E-state index < -0.39 is 0 Å². The molecule has 61 heavy (non-hydrogen) atoms. The number of hydrogen-bond donors (Lipinski definition) is 0. The molecule has 2 heteroatoms. The molecule has 0 saturated heterocycles. The standard InChI is InChI=1S/C59H46N2/c1-42-18-12-13-29-55(42)58-56-30-14-15-31-57(56)61(59(58)43(2)44-19-6-3-7-20-44)54-28-17-26-50(41-54)49-25-16-27-53(40-49)60(51-36-32-47(33-37-51)45-21-8-4-9-22-45)52-38-34-48(35-39-52)46-23-10-5-11-24-46/h3-41,43H,1-2H3/t43-/m0/s1. The summed E-state index contributed by atoms with van der Waals surface area (Å²) in [5.41, 5.74) is 19.2. The molecule has 0 fully saturated rings. The van der Waals surface area contributed by atoms with E-state index in [2.05, 4.69) is 260 Å². The quantitative estimate of drug-likeness (QED) is 0.134. The Bertz CT molecular complexity index is 2990. The molecule has 1 heterocycles. The van der Waals surface area contributed by atoms with E-state index in [0.717, 1.165) is 33.9 Å². The van der Waals surface area contributed by atoms with Crippen LogP contribution in [0.5, 0.6) is 0 Å². The molecular weight excluding hydrogens is 737 g/mol. The molecule has 9 aromatic carbocycles. The first kappa shape index (κ1) is 37.6. The maximum Gasteiger partial charge on any atom is 0.0538 e. The Labute approximate surface area is 359 Å². The predicted octanol–water partition coefficient (Wildman–Crippen LogP) is 16.2. The first-order valence-electron chi connectivity index (χ1n) is 21.2. The SMILES string of the molecule is Cc1ccccc1-c1c([C@@H](C)c2ccccc2)n(-c2cccc(-c3cccc(N(c4ccc(-c5ccccc5)cc4)c4ccc(-c5ccccc5)cc4)c3)c2)c2ccccc12. The summed E-state index contributed by atoms with van der Waals surface area (Å²) in [7, 11) is 0. The van der Waals surface area contributed by atoms with Gasteiger partial charge in [0.25, 0.3) is 0 Å². The van der Waals surface area contributed by atoms with Crippen molar-refractivity contribution in [3.63, 3.8) is 0 Å². The van der Waals surface area contributed by atoms with Gasteiger partial charge in [-0.1, -0.05) is 189 Å². The second-order valence-electron chi connectivity index (χ2n) is 15.8. The summed E-state index contributed by atoms with van der Waals surface area (Å²) in [6.45, 7) is 4.58. The lowest BCUT2D eigenvalue weighted by atomic mass is 9.89. The van der Waals surface area contributed by atoms with Crippen LogP contribution in [0, 0.1) is 6.92 Å². The third-order valence-electron chi connectivity index (χ3n) is 12.0. The van der Waals surface area contributed by atoms with Crippen LogP contribution in [0.3, 0.4) is 0 Å². The molecule has 0 saturated carbocycles. The fourth-order valence-corrected chi connectivity index (χ4v) is 8.95. The summed E-state index contributed by atoms with van der Waals surface area (Å²) >= 11 is 0. The van der Waals surface area contributed by atoms with Crippen molar-refractivity contribution in [2.24, 2.45) is 0 Å². The molecule has 10 rings (SSSR count). The highest BCUT2D eigenvalue weighted by Gasteiger charge is 2.26.